The molecule has 0 spiro atoms. The average molecular weight is 287 g/mol. The van der Waals surface area contributed by atoms with Crippen LogP contribution in [0.1, 0.15) is 16.1 Å². The van der Waals surface area contributed by atoms with E-state index in [1.54, 1.807) is 13.2 Å². The number of aromatic nitrogens is 1. The molecule has 6 heteroatoms. The van der Waals surface area contributed by atoms with E-state index < -0.39 is 5.97 Å². The number of nitrogens with two attached hydrogens (primary N) is 1. The molecule has 1 aromatic heterocycles. The number of nitrogen functional groups attached to an aromatic ring is 1. The molecule has 2 aromatic rings. The Morgan fingerprint density at radius 3 is 2.81 bits per heavy atom. The number of esters is 1. The van der Waals surface area contributed by atoms with Crippen LogP contribution in [0.4, 0.5) is 17.2 Å². The van der Waals surface area contributed by atoms with Crippen molar-refractivity contribution in [3.63, 3.8) is 0 Å². The maximum atomic E-state index is 11.5. The van der Waals surface area contributed by atoms with Gasteiger partial charge in [0.1, 0.15) is 0 Å². The molecule has 0 saturated carbocycles. The number of methoxy groups -OCH3 is 2. The molecule has 0 radical (unpaired) electrons. The number of anilines is 3. The molecule has 1 heterocycles. The number of pyridine rings is 1. The Kier molecular flexibility index (Phi) is 4.73. The van der Waals surface area contributed by atoms with Gasteiger partial charge in [-0.25, -0.2) is 9.78 Å². The molecule has 110 valence electrons. The monoisotopic (exact) mass is 287 g/mol. The van der Waals surface area contributed by atoms with Crippen LogP contribution in [0, 0.1) is 0 Å². The van der Waals surface area contributed by atoms with Crippen LogP contribution in [0.3, 0.4) is 0 Å². The minimum absolute atomic E-state index is 0.197. The standard InChI is InChI=1S/C15H17N3O3/c1-20-9-10-4-3-5-11(8-10)17-14-12(16)6-7-13(18-14)15(19)21-2/h3-8H,9,16H2,1-2H3,(H,17,18). The number of benzene rings is 1. The van der Waals surface area contributed by atoms with E-state index in [1.165, 1.54) is 13.2 Å². The van der Waals surface area contributed by atoms with Crippen LogP contribution in [0.15, 0.2) is 36.4 Å². The molecule has 0 amide bonds. The lowest BCUT2D eigenvalue weighted by atomic mass is 10.2. The molecule has 3 N–H and O–H groups in total. The van der Waals surface area contributed by atoms with Gasteiger partial charge in [0.2, 0.25) is 0 Å². The van der Waals surface area contributed by atoms with Gasteiger partial charge >= 0.3 is 5.97 Å². The summed E-state index contributed by atoms with van der Waals surface area (Å²) in [6, 6.07) is 10.8. The minimum Gasteiger partial charge on any atom is -0.464 e. The van der Waals surface area contributed by atoms with E-state index in [2.05, 4.69) is 15.0 Å². The number of ether oxygens (including phenoxy) is 2. The number of carbonyl (C=O) groups is 1. The van der Waals surface area contributed by atoms with E-state index >= 15 is 0 Å². The summed E-state index contributed by atoms with van der Waals surface area (Å²) < 4.78 is 9.74. The zero-order valence-electron chi connectivity index (χ0n) is 11.9. The van der Waals surface area contributed by atoms with Crippen molar-refractivity contribution in [2.24, 2.45) is 0 Å². The van der Waals surface area contributed by atoms with Crippen LogP contribution >= 0.6 is 0 Å². The molecule has 0 aliphatic rings. The first-order valence-corrected chi connectivity index (χ1v) is 6.33. The fraction of sp³-hybridized carbons (Fsp3) is 0.200. The molecule has 0 bridgehead atoms. The highest BCUT2D eigenvalue weighted by molar-refractivity contribution is 5.88. The van der Waals surface area contributed by atoms with Crippen molar-refractivity contribution < 1.29 is 14.3 Å². The van der Waals surface area contributed by atoms with Gasteiger partial charge in [-0.15, -0.1) is 0 Å². The van der Waals surface area contributed by atoms with Crippen LogP contribution in [0.25, 0.3) is 0 Å². The smallest absolute Gasteiger partial charge is 0.356 e. The fourth-order valence-corrected chi connectivity index (χ4v) is 1.83. The summed E-state index contributed by atoms with van der Waals surface area (Å²) >= 11 is 0. The van der Waals surface area contributed by atoms with E-state index in [0.717, 1.165) is 11.3 Å². The van der Waals surface area contributed by atoms with Crippen LogP contribution in [0.2, 0.25) is 0 Å². The van der Waals surface area contributed by atoms with E-state index in [0.29, 0.717) is 18.1 Å². The minimum atomic E-state index is -0.508. The van der Waals surface area contributed by atoms with Gasteiger partial charge in [-0.3, -0.25) is 0 Å². The van der Waals surface area contributed by atoms with E-state index in [1.807, 2.05) is 24.3 Å². The summed E-state index contributed by atoms with van der Waals surface area (Å²) in [5, 5.41) is 3.09. The van der Waals surface area contributed by atoms with Gasteiger partial charge in [-0.2, -0.15) is 0 Å². The summed E-state index contributed by atoms with van der Waals surface area (Å²) in [5.41, 5.74) is 8.34. The normalized spacial score (nSPS) is 10.2. The maximum absolute atomic E-state index is 11.5. The summed E-state index contributed by atoms with van der Waals surface area (Å²) in [6.07, 6.45) is 0. The lowest BCUT2D eigenvalue weighted by Gasteiger charge is -2.10. The van der Waals surface area contributed by atoms with Crippen LogP contribution in [-0.2, 0) is 16.1 Å². The predicted molar refractivity (Wildman–Crippen MR) is 80.4 cm³/mol. The quantitative estimate of drug-likeness (QED) is 0.821. The largest absolute Gasteiger partial charge is 0.464 e. The first-order valence-electron chi connectivity index (χ1n) is 6.33. The highest BCUT2D eigenvalue weighted by atomic mass is 16.5. The first kappa shape index (κ1) is 14.8. The van der Waals surface area contributed by atoms with E-state index in [-0.39, 0.29) is 5.69 Å². The molecule has 0 saturated heterocycles. The predicted octanol–water partition coefficient (Wildman–Crippen LogP) is 2.34. The second-order valence-electron chi connectivity index (χ2n) is 4.38. The highest BCUT2D eigenvalue weighted by Gasteiger charge is 2.10. The van der Waals surface area contributed by atoms with Crippen molar-refractivity contribution in [2.75, 3.05) is 25.3 Å². The van der Waals surface area contributed by atoms with Crippen molar-refractivity contribution in [2.45, 2.75) is 6.61 Å². The molecule has 2 rings (SSSR count). The molecule has 0 unspecified atom stereocenters. The second-order valence-corrected chi connectivity index (χ2v) is 4.38. The first-order chi connectivity index (χ1) is 10.1. The third kappa shape index (κ3) is 3.70. The second kappa shape index (κ2) is 6.71. The summed E-state index contributed by atoms with van der Waals surface area (Å²) in [6.45, 7) is 0.515. The third-order valence-corrected chi connectivity index (χ3v) is 2.82. The van der Waals surface area contributed by atoms with E-state index in [9.17, 15) is 4.79 Å². The Labute approximate surface area is 122 Å². The molecule has 6 nitrogen and oxygen atoms in total. The Bertz CT molecular complexity index is 644. The van der Waals surface area contributed by atoms with Crippen molar-refractivity contribution in [1.29, 1.82) is 0 Å². The average Bonchev–Trinajstić information content (AvgIpc) is 2.49. The Morgan fingerprint density at radius 1 is 1.29 bits per heavy atom. The fourth-order valence-electron chi connectivity index (χ4n) is 1.83. The lowest BCUT2D eigenvalue weighted by molar-refractivity contribution is 0.0594. The van der Waals surface area contributed by atoms with Crippen molar-refractivity contribution in [1.82, 2.24) is 4.98 Å². The number of hydrogen-bond acceptors (Lipinski definition) is 6. The molecule has 0 fully saturated rings. The van der Waals surface area contributed by atoms with E-state index in [4.69, 9.17) is 10.5 Å². The van der Waals surface area contributed by atoms with Gasteiger partial charge in [0.25, 0.3) is 0 Å². The van der Waals surface area contributed by atoms with Gasteiger partial charge in [0.15, 0.2) is 11.5 Å². The third-order valence-electron chi connectivity index (χ3n) is 2.82. The molecule has 0 aliphatic carbocycles. The molecule has 0 aliphatic heterocycles. The summed E-state index contributed by atoms with van der Waals surface area (Å²) in [7, 11) is 2.95. The van der Waals surface area contributed by atoms with Crippen molar-refractivity contribution in [3.8, 4) is 0 Å². The van der Waals surface area contributed by atoms with Gasteiger partial charge in [-0.05, 0) is 29.8 Å². The zero-order chi connectivity index (χ0) is 15.2. The molecule has 21 heavy (non-hydrogen) atoms. The van der Waals surface area contributed by atoms with Crippen LogP contribution in [-0.4, -0.2) is 25.2 Å². The van der Waals surface area contributed by atoms with Gasteiger partial charge < -0.3 is 20.5 Å². The summed E-state index contributed by atoms with van der Waals surface area (Å²) in [4.78, 5) is 15.7. The van der Waals surface area contributed by atoms with Crippen molar-refractivity contribution in [3.05, 3.63) is 47.7 Å². The number of nitrogens with zero attached hydrogens (tertiary/aromatic N) is 1. The van der Waals surface area contributed by atoms with Crippen molar-refractivity contribution >= 4 is 23.2 Å². The summed E-state index contributed by atoms with van der Waals surface area (Å²) in [5.74, 6) is -0.0985. The lowest BCUT2D eigenvalue weighted by Crippen LogP contribution is -2.08. The zero-order valence-corrected chi connectivity index (χ0v) is 11.9. The van der Waals surface area contributed by atoms with Crippen LogP contribution in [0.5, 0.6) is 0 Å². The molecule has 1 aromatic carbocycles. The van der Waals surface area contributed by atoms with Gasteiger partial charge in [0.05, 0.1) is 19.4 Å². The highest BCUT2D eigenvalue weighted by Crippen LogP contribution is 2.22. The van der Waals surface area contributed by atoms with Crippen LogP contribution < -0.4 is 11.1 Å². The Hall–Kier alpha value is -2.60. The SMILES string of the molecule is COCc1cccc(Nc2nc(C(=O)OC)ccc2N)c1. The molecule has 0 atom stereocenters. The number of rotatable bonds is 5. The molecular formula is C15H17N3O3. The molecular weight excluding hydrogens is 270 g/mol. The maximum Gasteiger partial charge on any atom is 0.356 e. The Morgan fingerprint density at radius 2 is 2.10 bits per heavy atom. The van der Waals surface area contributed by atoms with Gasteiger partial charge in [0, 0.05) is 12.8 Å². The number of nitrogens with one attached hydrogen (secondary N) is 1. The number of hydrogen-bond donors (Lipinski definition) is 2. The topological polar surface area (TPSA) is 86.5 Å². The van der Waals surface area contributed by atoms with Gasteiger partial charge in [-0.1, -0.05) is 12.1 Å². The number of carbonyl (C=O) groups excluding carboxylic acids is 1. The Balaban J connectivity index is 2.26.